The summed E-state index contributed by atoms with van der Waals surface area (Å²) in [5.74, 6) is 13.1. The largest absolute Gasteiger partial charge is 0.0843 e. The van der Waals surface area contributed by atoms with Gasteiger partial charge in [0.15, 0.2) is 0 Å². The molecule has 0 unspecified atom stereocenters. The molecule has 0 N–H and O–H groups in total. The van der Waals surface area contributed by atoms with Crippen LogP contribution < -0.4 is 0 Å². The average molecular weight is 423 g/mol. The summed E-state index contributed by atoms with van der Waals surface area (Å²) in [5.41, 5.74) is 5.80. The van der Waals surface area contributed by atoms with Gasteiger partial charge in [0, 0.05) is 37.9 Å². The number of hydrogen-bond donors (Lipinski definition) is 0. The molecule has 0 aliphatic rings. The molecule has 4 aromatic rings. The van der Waals surface area contributed by atoms with Crippen molar-refractivity contribution in [3.63, 3.8) is 0 Å². The Morgan fingerprint density at radius 2 is 0.900 bits per heavy atom. The minimum absolute atomic E-state index is 0.699. The van der Waals surface area contributed by atoms with E-state index in [0.717, 1.165) is 33.4 Å². The van der Waals surface area contributed by atoms with Gasteiger partial charge < -0.3 is 0 Å². The van der Waals surface area contributed by atoms with Gasteiger partial charge in [-0.3, -0.25) is 0 Å². The zero-order valence-electron chi connectivity index (χ0n) is 16.0. The first-order valence-corrected chi connectivity index (χ1v) is 10.2. The number of rotatable bonds is 1. The quantitative estimate of drug-likeness (QED) is 0.279. The van der Waals surface area contributed by atoms with E-state index in [-0.39, 0.29) is 0 Å². The van der Waals surface area contributed by atoms with Crippen molar-refractivity contribution in [2.24, 2.45) is 0 Å². The van der Waals surface area contributed by atoms with Gasteiger partial charge in [0.05, 0.1) is 0 Å². The minimum Gasteiger partial charge on any atom is -0.0843 e. The molecule has 142 valence electrons. The van der Waals surface area contributed by atoms with Crippen LogP contribution in [0.25, 0.3) is 11.1 Å². The molecule has 0 bridgehead atoms. The maximum atomic E-state index is 5.98. The first-order chi connectivity index (χ1) is 14.7. The Hall–Kier alpha value is -3.42. The molecular weight excluding hydrogens is 407 g/mol. The van der Waals surface area contributed by atoms with Gasteiger partial charge in [0.25, 0.3) is 0 Å². The second-order valence-electron chi connectivity index (χ2n) is 6.61. The lowest BCUT2D eigenvalue weighted by Crippen LogP contribution is -1.90. The van der Waals surface area contributed by atoms with Gasteiger partial charge in [-0.25, -0.2) is 0 Å². The Kier molecular flexibility index (Phi) is 6.22. The van der Waals surface area contributed by atoms with E-state index in [9.17, 15) is 0 Å². The highest BCUT2D eigenvalue weighted by atomic mass is 35.5. The Bertz CT molecular complexity index is 1200. The predicted octanol–water partition coefficient (Wildman–Crippen LogP) is 7.46. The monoisotopic (exact) mass is 422 g/mol. The van der Waals surface area contributed by atoms with E-state index in [2.05, 4.69) is 35.8 Å². The van der Waals surface area contributed by atoms with Crippen LogP contribution in [0, 0.1) is 23.7 Å². The second-order valence-corrected chi connectivity index (χ2v) is 7.48. The third-order valence-corrected chi connectivity index (χ3v) is 5.00. The van der Waals surface area contributed by atoms with E-state index in [4.69, 9.17) is 23.2 Å². The zero-order chi connectivity index (χ0) is 20.8. The summed E-state index contributed by atoms with van der Waals surface area (Å²) >= 11 is 12.0. The van der Waals surface area contributed by atoms with Crippen LogP contribution in [0.15, 0.2) is 97.1 Å². The molecule has 30 heavy (non-hydrogen) atoms. The molecule has 0 aliphatic heterocycles. The summed E-state index contributed by atoms with van der Waals surface area (Å²) < 4.78 is 0. The standard InChI is InChI=1S/C28H16Cl2/c29-26-17-11-21(12-18-26)9-15-24-7-4-8-25(28(24)23-5-2-1-3-6-23)16-10-22-13-19-27(30)20-14-22/h1-8,11-14,17-20H. The lowest BCUT2D eigenvalue weighted by molar-refractivity contribution is 1.54. The van der Waals surface area contributed by atoms with Crippen LogP contribution in [0.1, 0.15) is 22.3 Å². The van der Waals surface area contributed by atoms with Crippen LogP contribution in [0.4, 0.5) is 0 Å². The summed E-state index contributed by atoms with van der Waals surface area (Å²) in [6, 6.07) is 31.3. The van der Waals surface area contributed by atoms with Gasteiger partial charge in [-0.05, 0) is 66.2 Å². The van der Waals surface area contributed by atoms with E-state index in [1.807, 2.05) is 84.9 Å². The fourth-order valence-corrected chi connectivity index (χ4v) is 3.27. The highest BCUT2D eigenvalue weighted by Gasteiger charge is 2.08. The Labute approximate surface area is 187 Å². The number of hydrogen-bond acceptors (Lipinski definition) is 0. The molecule has 4 rings (SSSR count). The fraction of sp³-hybridized carbons (Fsp3) is 0. The molecule has 4 aromatic carbocycles. The third-order valence-electron chi connectivity index (χ3n) is 4.50. The highest BCUT2D eigenvalue weighted by Crippen LogP contribution is 2.27. The number of halogens is 2. The van der Waals surface area contributed by atoms with Crippen molar-refractivity contribution in [3.05, 3.63) is 129 Å². The van der Waals surface area contributed by atoms with Crippen molar-refractivity contribution in [3.8, 4) is 34.8 Å². The summed E-state index contributed by atoms with van der Waals surface area (Å²) in [4.78, 5) is 0. The van der Waals surface area contributed by atoms with Gasteiger partial charge in [-0.1, -0.05) is 83.3 Å². The van der Waals surface area contributed by atoms with E-state index in [0.29, 0.717) is 10.0 Å². The van der Waals surface area contributed by atoms with E-state index < -0.39 is 0 Å². The maximum Gasteiger partial charge on any atom is 0.0406 e. The third kappa shape index (κ3) is 4.94. The lowest BCUT2D eigenvalue weighted by Gasteiger charge is -2.08. The molecule has 0 fully saturated rings. The molecular formula is C28H16Cl2. The topological polar surface area (TPSA) is 0 Å². The van der Waals surface area contributed by atoms with Crippen LogP contribution in [0.5, 0.6) is 0 Å². The molecule has 2 heteroatoms. The van der Waals surface area contributed by atoms with Crippen LogP contribution >= 0.6 is 23.2 Å². The van der Waals surface area contributed by atoms with Crippen LogP contribution in [0.3, 0.4) is 0 Å². The average Bonchev–Trinajstić information content (AvgIpc) is 2.79. The van der Waals surface area contributed by atoms with Gasteiger partial charge >= 0.3 is 0 Å². The molecule has 0 aromatic heterocycles. The van der Waals surface area contributed by atoms with Gasteiger partial charge in [-0.2, -0.15) is 0 Å². The fourth-order valence-electron chi connectivity index (χ4n) is 3.02. The van der Waals surface area contributed by atoms with Crippen molar-refractivity contribution < 1.29 is 0 Å². The first kappa shape index (κ1) is 19.9. The zero-order valence-corrected chi connectivity index (χ0v) is 17.5. The van der Waals surface area contributed by atoms with Crippen molar-refractivity contribution in [2.45, 2.75) is 0 Å². The van der Waals surface area contributed by atoms with Gasteiger partial charge in [0.1, 0.15) is 0 Å². The van der Waals surface area contributed by atoms with E-state index >= 15 is 0 Å². The molecule has 0 saturated carbocycles. The number of benzene rings is 4. The van der Waals surface area contributed by atoms with Crippen molar-refractivity contribution in [1.29, 1.82) is 0 Å². The molecule has 0 saturated heterocycles. The summed E-state index contributed by atoms with van der Waals surface area (Å²) in [5, 5.41) is 1.40. The molecule has 0 amide bonds. The predicted molar refractivity (Wildman–Crippen MR) is 127 cm³/mol. The van der Waals surface area contributed by atoms with Crippen LogP contribution in [-0.2, 0) is 0 Å². The summed E-state index contributed by atoms with van der Waals surface area (Å²) in [6.45, 7) is 0. The van der Waals surface area contributed by atoms with E-state index in [1.165, 1.54) is 0 Å². The molecule has 0 atom stereocenters. The Balaban J connectivity index is 1.81. The Morgan fingerprint density at radius 1 is 0.433 bits per heavy atom. The normalized spacial score (nSPS) is 9.80. The Morgan fingerprint density at radius 3 is 1.37 bits per heavy atom. The first-order valence-electron chi connectivity index (χ1n) is 9.43. The minimum atomic E-state index is 0.699. The van der Waals surface area contributed by atoms with Gasteiger partial charge in [-0.15, -0.1) is 0 Å². The van der Waals surface area contributed by atoms with Crippen LogP contribution in [-0.4, -0.2) is 0 Å². The molecule has 0 heterocycles. The van der Waals surface area contributed by atoms with Crippen molar-refractivity contribution in [1.82, 2.24) is 0 Å². The molecule has 0 spiro atoms. The van der Waals surface area contributed by atoms with Gasteiger partial charge in [0.2, 0.25) is 0 Å². The molecule has 0 radical (unpaired) electrons. The highest BCUT2D eigenvalue weighted by molar-refractivity contribution is 6.30. The maximum absolute atomic E-state index is 5.98. The summed E-state index contributed by atoms with van der Waals surface area (Å²) in [7, 11) is 0. The van der Waals surface area contributed by atoms with Crippen molar-refractivity contribution >= 4 is 23.2 Å². The smallest absolute Gasteiger partial charge is 0.0406 e. The second kappa shape index (κ2) is 9.39. The lowest BCUT2D eigenvalue weighted by atomic mass is 9.94. The SMILES string of the molecule is Clc1ccc(C#Cc2cccc(C#Cc3ccc(Cl)cc3)c2-c2ccccc2)cc1. The van der Waals surface area contributed by atoms with Crippen molar-refractivity contribution in [2.75, 3.05) is 0 Å². The van der Waals surface area contributed by atoms with E-state index in [1.54, 1.807) is 0 Å². The summed E-state index contributed by atoms with van der Waals surface area (Å²) in [6.07, 6.45) is 0. The van der Waals surface area contributed by atoms with Crippen LogP contribution in [0.2, 0.25) is 10.0 Å². The molecule has 0 nitrogen and oxygen atoms in total. The molecule has 0 aliphatic carbocycles.